The first-order valence-corrected chi connectivity index (χ1v) is 5.41. The lowest BCUT2D eigenvalue weighted by Crippen LogP contribution is -2.16. The van der Waals surface area contributed by atoms with Crippen molar-refractivity contribution in [2.45, 2.75) is 39.2 Å². The Morgan fingerprint density at radius 3 is 2.73 bits per heavy atom. The molecule has 1 rings (SSSR count). The zero-order valence-corrected chi connectivity index (χ0v) is 9.60. The van der Waals surface area contributed by atoms with E-state index in [1.807, 2.05) is 25.1 Å². The van der Waals surface area contributed by atoms with Crippen molar-refractivity contribution in [3.05, 3.63) is 23.9 Å². The van der Waals surface area contributed by atoms with Crippen molar-refractivity contribution in [3.63, 3.8) is 0 Å². The number of ether oxygens (including phenoxy) is 1. The number of aliphatic hydroxyl groups is 1. The summed E-state index contributed by atoms with van der Waals surface area (Å²) in [4.78, 5) is 4.35. The van der Waals surface area contributed by atoms with Crippen LogP contribution in [-0.2, 0) is 0 Å². The number of pyridine rings is 1. The molecule has 0 aliphatic carbocycles. The molecule has 0 fully saturated rings. The molecule has 1 heterocycles. The smallest absolute Gasteiger partial charge is 0.213 e. The van der Waals surface area contributed by atoms with Crippen LogP contribution in [0.4, 0.5) is 0 Å². The molecule has 1 N–H and O–H groups in total. The molecule has 0 aromatic carbocycles. The first-order chi connectivity index (χ1) is 7.13. The van der Waals surface area contributed by atoms with Gasteiger partial charge < -0.3 is 9.84 Å². The molecule has 1 atom stereocenters. The van der Waals surface area contributed by atoms with Crippen molar-refractivity contribution in [2.75, 3.05) is 6.61 Å². The largest absolute Gasteiger partial charge is 0.475 e. The van der Waals surface area contributed by atoms with Crippen LogP contribution in [0.5, 0.6) is 5.88 Å². The normalized spacial score (nSPS) is 12.9. The van der Waals surface area contributed by atoms with Gasteiger partial charge in [0, 0.05) is 11.8 Å². The molecule has 0 radical (unpaired) electrons. The van der Waals surface area contributed by atoms with Gasteiger partial charge in [-0.2, -0.15) is 0 Å². The summed E-state index contributed by atoms with van der Waals surface area (Å²) >= 11 is 0. The summed E-state index contributed by atoms with van der Waals surface area (Å²) in [5.41, 5.74) is 1.01. The van der Waals surface area contributed by atoms with Gasteiger partial charge in [0.05, 0.1) is 6.10 Å². The van der Waals surface area contributed by atoms with E-state index in [1.54, 1.807) is 0 Å². The van der Waals surface area contributed by atoms with Crippen LogP contribution >= 0.6 is 0 Å². The van der Waals surface area contributed by atoms with Gasteiger partial charge in [-0.3, -0.25) is 0 Å². The van der Waals surface area contributed by atoms with E-state index in [0.29, 0.717) is 24.8 Å². The van der Waals surface area contributed by atoms with Crippen molar-refractivity contribution >= 4 is 0 Å². The van der Waals surface area contributed by atoms with Gasteiger partial charge >= 0.3 is 0 Å². The quantitative estimate of drug-likeness (QED) is 0.809. The fourth-order valence-electron chi connectivity index (χ4n) is 1.13. The lowest BCUT2D eigenvalue weighted by molar-refractivity contribution is 0.102. The second-order valence-corrected chi connectivity index (χ2v) is 3.93. The average Bonchev–Trinajstić information content (AvgIpc) is 2.26. The number of hydrogen-bond acceptors (Lipinski definition) is 3. The molecule has 3 heteroatoms. The number of aromatic nitrogens is 1. The van der Waals surface area contributed by atoms with E-state index in [0.717, 1.165) is 5.69 Å². The first kappa shape index (κ1) is 12.0. The molecule has 0 aliphatic rings. The minimum absolute atomic E-state index is 0.311. The predicted octanol–water partition coefficient (Wildman–Crippen LogP) is 2.35. The second-order valence-electron chi connectivity index (χ2n) is 3.93. The molecule has 3 nitrogen and oxygen atoms in total. The lowest BCUT2D eigenvalue weighted by atomic mass is 10.1. The van der Waals surface area contributed by atoms with E-state index in [2.05, 4.69) is 18.8 Å². The fourth-order valence-corrected chi connectivity index (χ4v) is 1.13. The molecular weight excluding hydrogens is 190 g/mol. The Labute approximate surface area is 91.1 Å². The third kappa shape index (κ3) is 3.88. The Hall–Kier alpha value is -1.09. The second kappa shape index (κ2) is 5.71. The topological polar surface area (TPSA) is 42.4 Å². The number of aliphatic hydroxyl groups excluding tert-OH is 1. The third-order valence-corrected chi connectivity index (χ3v) is 2.23. The molecule has 1 aromatic rings. The van der Waals surface area contributed by atoms with E-state index in [-0.39, 0.29) is 0 Å². The predicted molar refractivity (Wildman–Crippen MR) is 60.1 cm³/mol. The van der Waals surface area contributed by atoms with Gasteiger partial charge in [-0.05, 0) is 18.4 Å². The summed E-state index contributed by atoms with van der Waals surface area (Å²) in [6.45, 7) is 6.41. The number of nitrogens with zero attached hydrogens (tertiary/aromatic N) is 1. The Kier molecular flexibility index (Phi) is 4.56. The Morgan fingerprint density at radius 2 is 2.13 bits per heavy atom. The first-order valence-electron chi connectivity index (χ1n) is 5.41. The minimum Gasteiger partial charge on any atom is -0.475 e. The highest BCUT2D eigenvalue weighted by molar-refractivity contribution is 5.17. The average molecular weight is 209 g/mol. The van der Waals surface area contributed by atoms with E-state index in [4.69, 9.17) is 4.74 Å². The van der Waals surface area contributed by atoms with Crippen LogP contribution in [0.1, 0.15) is 38.8 Å². The monoisotopic (exact) mass is 209 g/mol. The van der Waals surface area contributed by atoms with Crippen LogP contribution in [-0.4, -0.2) is 22.8 Å². The number of hydrogen-bond donors (Lipinski definition) is 1. The van der Waals surface area contributed by atoms with Crippen molar-refractivity contribution in [2.24, 2.45) is 0 Å². The van der Waals surface area contributed by atoms with Crippen LogP contribution in [0.2, 0.25) is 0 Å². The van der Waals surface area contributed by atoms with Gasteiger partial charge in [-0.1, -0.05) is 26.8 Å². The van der Waals surface area contributed by atoms with E-state index in [1.165, 1.54) is 0 Å². The van der Waals surface area contributed by atoms with Gasteiger partial charge in [0.15, 0.2) is 0 Å². The Bertz CT molecular complexity index is 299. The zero-order valence-electron chi connectivity index (χ0n) is 9.60. The summed E-state index contributed by atoms with van der Waals surface area (Å²) in [5, 5.41) is 9.34. The van der Waals surface area contributed by atoms with Crippen molar-refractivity contribution in [3.8, 4) is 5.88 Å². The molecule has 0 bridgehead atoms. The molecule has 0 spiro atoms. The van der Waals surface area contributed by atoms with Crippen LogP contribution in [0.25, 0.3) is 0 Å². The van der Waals surface area contributed by atoms with E-state index in [9.17, 15) is 5.11 Å². The highest BCUT2D eigenvalue weighted by atomic mass is 16.5. The van der Waals surface area contributed by atoms with Crippen LogP contribution < -0.4 is 4.74 Å². The van der Waals surface area contributed by atoms with Crippen LogP contribution in [0.15, 0.2) is 18.2 Å². The Balaban J connectivity index is 2.58. The van der Waals surface area contributed by atoms with Gasteiger partial charge in [0.2, 0.25) is 5.88 Å². The molecular formula is C12H19NO2. The summed E-state index contributed by atoms with van der Waals surface area (Å²) in [5.74, 6) is 0.985. The zero-order chi connectivity index (χ0) is 11.3. The van der Waals surface area contributed by atoms with Crippen molar-refractivity contribution in [1.29, 1.82) is 0 Å². The fraction of sp³-hybridized carbons (Fsp3) is 0.583. The van der Waals surface area contributed by atoms with Gasteiger partial charge in [0.1, 0.15) is 6.61 Å². The summed E-state index contributed by atoms with van der Waals surface area (Å²) in [6, 6.07) is 5.72. The van der Waals surface area contributed by atoms with Crippen molar-refractivity contribution in [1.82, 2.24) is 4.98 Å². The van der Waals surface area contributed by atoms with Gasteiger partial charge in [-0.15, -0.1) is 0 Å². The highest BCUT2D eigenvalue weighted by Gasteiger charge is 2.05. The summed E-state index contributed by atoms with van der Waals surface area (Å²) in [7, 11) is 0. The maximum atomic E-state index is 9.34. The molecule has 0 unspecified atom stereocenters. The SMILES string of the molecule is CC[C@@H](O)COc1cccc(C(C)C)n1. The maximum absolute atomic E-state index is 9.34. The molecule has 15 heavy (non-hydrogen) atoms. The molecule has 84 valence electrons. The molecule has 0 saturated heterocycles. The number of rotatable bonds is 5. The Morgan fingerprint density at radius 1 is 1.40 bits per heavy atom. The molecule has 0 amide bonds. The third-order valence-electron chi connectivity index (χ3n) is 2.23. The van der Waals surface area contributed by atoms with Crippen molar-refractivity contribution < 1.29 is 9.84 Å². The maximum Gasteiger partial charge on any atom is 0.213 e. The lowest BCUT2D eigenvalue weighted by Gasteiger charge is -2.11. The van der Waals surface area contributed by atoms with Gasteiger partial charge in [0.25, 0.3) is 0 Å². The van der Waals surface area contributed by atoms with Crippen LogP contribution in [0, 0.1) is 0 Å². The highest BCUT2D eigenvalue weighted by Crippen LogP contribution is 2.15. The van der Waals surface area contributed by atoms with Gasteiger partial charge in [-0.25, -0.2) is 4.98 Å². The molecule has 0 aliphatic heterocycles. The molecule has 0 saturated carbocycles. The summed E-state index contributed by atoms with van der Waals surface area (Å²) in [6.07, 6.45) is 0.290. The minimum atomic E-state index is -0.408. The molecule has 1 aromatic heterocycles. The van der Waals surface area contributed by atoms with Crippen LogP contribution in [0.3, 0.4) is 0 Å². The standard InChI is InChI=1S/C12H19NO2/c1-4-10(14)8-15-12-7-5-6-11(13-12)9(2)3/h5-7,9-10,14H,4,8H2,1-3H3/t10-/m1/s1. The van der Waals surface area contributed by atoms with E-state index < -0.39 is 6.10 Å². The van der Waals surface area contributed by atoms with E-state index >= 15 is 0 Å². The summed E-state index contributed by atoms with van der Waals surface area (Å²) < 4.78 is 5.39.